The molecule has 0 aromatic carbocycles. The van der Waals surface area contributed by atoms with Crippen LogP contribution in [-0.4, -0.2) is 23.5 Å². The van der Waals surface area contributed by atoms with Crippen molar-refractivity contribution in [3.05, 3.63) is 30.2 Å². The molecule has 98 valence electrons. The summed E-state index contributed by atoms with van der Waals surface area (Å²) in [5, 5.41) is 3.35. The number of hydrogen-bond acceptors (Lipinski definition) is 4. The predicted molar refractivity (Wildman–Crippen MR) is 50.8 cm³/mol. The van der Waals surface area contributed by atoms with Gasteiger partial charge in [0.1, 0.15) is 11.3 Å². The van der Waals surface area contributed by atoms with Crippen molar-refractivity contribution in [1.82, 2.24) is 9.61 Å². The average Bonchev–Trinajstić information content (AvgIpc) is 2.59. The summed E-state index contributed by atoms with van der Waals surface area (Å²) in [7, 11) is -5.81. The second-order valence-corrected chi connectivity index (χ2v) is 4.69. The van der Waals surface area contributed by atoms with Crippen LogP contribution in [0, 0.1) is 5.82 Å². The molecule has 0 radical (unpaired) electrons. The molecule has 0 aliphatic rings. The molecule has 18 heavy (non-hydrogen) atoms. The van der Waals surface area contributed by atoms with Crippen LogP contribution in [0.1, 0.15) is 0 Å². The molecule has 0 unspecified atom stereocenters. The second-order valence-electron chi connectivity index (χ2n) is 3.15. The lowest BCUT2D eigenvalue weighted by Gasteiger charge is -2.06. The van der Waals surface area contributed by atoms with E-state index in [9.17, 15) is 26.0 Å². The summed E-state index contributed by atoms with van der Waals surface area (Å²) in [5.74, 6) is -1.64. The molecular formula is C8H4F4N2O3S. The van der Waals surface area contributed by atoms with Crippen LogP contribution in [0.15, 0.2) is 24.4 Å². The first-order chi connectivity index (χ1) is 8.21. The zero-order valence-electron chi connectivity index (χ0n) is 8.35. The Bertz CT molecular complexity index is 692. The van der Waals surface area contributed by atoms with Gasteiger partial charge in [-0.1, -0.05) is 0 Å². The second kappa shape index (κ2) is 3.83. The number of aromatic nitrogens is 2. The van der Waals surface area contributed by atoms with Gasteiger partial charge in [-0.2, -0.15) is 21.6 Å². The molecule has 0 bridgehead atoms. The van der Waals surface area contributed by atoms with Crippen LogP contribution in [0.4, 0.5) is 17.6 Å². The van der Waals surface area contributed by atoms with E-state index in [4.69, 9.17) is 0 Å². The lowest BCUT2D eigenvalue weighted by molar-refractivity contribution is -0.0501. The minimum Gasteiger partial charge on any atom is -0.354 e. The molecule has 10 heteroatoms. The number of halogens is 4. The maximum atomic E-state index is 13.2. The van der Waals surface area contributed by atoms with E-state index in [1.165, 1.54) is 12.3 Å². The first kappa shape index (κ1) is 12.6. The Balaban J connectivity index is 2.43. The standard InChI is InChI=1S/C8H4F4N2O3S/c9-5-2-1-3-14-6(5)4-7(13-14)17-18(15,16)8(10,11)12/h1-4H. The maximum Gasteiger partial charge on any atom is 0.534 e. The fourth-order valence-corrected chi connectivity index (χ4v) is 1.56. The molecule has 2 rings (SSSR count). The summed E-state index contributed by atoms with van der Waals surface area (Å²) in [5.41, 5.74) is -5.77. The van der Waals surface area contributed by atoms with Gasteiger partial charge in [-0.15, -0.1) is 5.10 Å². The van der Waals surface area contributed by atoms with Crippen molar-refractivity contribution in [3.63, 3.8) is 0 Å². The molecule has 0 N–H and O–H groups in total. The molecule has 0 aliphatic carbocycles. The van der Waals surface area contributed by atoms with E-state index in [1.807, 2.05) is 0 Å². The van der Waals surface area contributed by atoms with Crippen molar-refractivity contribution in [2.75, 3.05) is 0 Å². The van der Waals surface area contributed by atoms with Crippen LogP contribution in [0.2, 0.25) is 0 Å². The Morgan fingerprint density at radius 3 is 2.56 bits per heavy atom. The van der Waals surface area contributed by atoms with Crippen LogP contribution in [0.5, 0.6) is 5.88 Å². The van der Waals surface area contributed by atoms with Crippen LogP contribution in [0.25, 0.3) is 5.52 Å². The first-order valence-electron chi connectivity index (χ1n) is 4.35. The minimum atomic E-state index is -5.81. The third-order valence-electron chi connectivity index (χ3n) is 1.91. The summed E-state index contributed by atoms with van der Waals surface area (Å²) in [4.78, 5) is 0. The van der Waals surface area contributed by atoms with Gasteiger partial charge in [0.05, 0.1) is 0 Å². The van der Waals surface area contributed by atoms with Crippen LogP contribution in [-0.2, 0) is 10.1 Å². The van der Waals surface area contributed by atoms with E-state index < -0.39 is 27.3 Å². The number of nitrogens with zero attached hydrogens (tertiary/aromatic N) is 2. The molecule has 2 heterocycles. The van der Waals surface area contributed by atoms with E-state index in [1.54, 1.807) is 0 Å². The molecule has 2 aromatic heterocycles. The SMILES string of the molecule is O=S(=O)(Oc1cc2c(F)cccn2n1)C(F)(F)F. The van der Waals surface area contributed by atoms with Crippen LogP contribution in [0.3, 0.4) is 0 Å². The lowest BCUT2D eigenvalue weighted by Crippen LogP contribution is -2.28. The summed E-state index contributed by atoms with van der Waals surface area (Å²) in [6.07, 6.45) is 1.23. The van der Waals surface area contributed by atoms with Crippen LogP contribution >= 0.6 is 0 Å². The van der Waals surface area contributed by atoms with Crippen molar-refractivity contribution in [3.8, 4) is 5.88 Å². The molecule has 0 spiro atoms. The molecule has 0 atom stereocenters. The fraction of sp³-hybridized carbons (Fsp3) is 0.125. The van der Waals surface area contributed by atoms with Crippen molar-refractivity contribution in [2.45, 2.75) is 5.51 Å². The van der Waals surface area contributed by atoms with Gasteiger partial charge in [-0.3, -0.25) is 0 Å². The highest BCUT2D eigenvalue weighted by Gasteiger charge is 2.49. The zero-order valence-corrected chi connectivity index (χ0v) is 9.17. The quantitative estimate of drug-likeness (QED) is 0.478. The molecule has 0 saturated heterocycles. The summed E-state index contributed by atoms with van der Waals surface area (Å²) >= 11 is 0. The Morgan fingerprint density at radius 2 is 2.00 bits per heavy atom. The molecule has 0 aliphatic heterocycles. The molecule has 0 saturated carbocycles. The monoisotopic (exact) mass is 284 g/mol. The third kappa shape index (κ3) is 2.10. The molecule has 2 aromatic rings. The van der Waals surface area contributed by atoms with E-state index in [0.29, 0.717) is 0 Å². The third-order valence-corrected chi connectivity index (χ3v) is 2.86. The normalized spacial score (nSPS) is 12.9. The fourth-order valence-electron chi connectivity index (χ4n) is 1.16. The van der Waals surface area contributed by atoms with Gasteiger partial charge in [0.25, 0.3) is 5.88 Å². The highest BCUT2D eigenvalue weighted by molar-refractivity contribution is 7.87. The Kier molecular flexibility index (Phi) is 2.69. The molecule has 0 amide bonds. The van der Waals surface area contributed by atoms with Gasteiger partial charge >= 0.3 is 15.6 Å². The smallest absolute Gasteiger partial charge is 0.354 e. The van der Waals surface area contributed by atoms with E-state index >= 15 is 0 Å². The van der Waals surface area contributed by atoms with Gasteiger partial charge in [-0.25, -0.2) is 8.91 Å². The van der Waals surface area contributed by atoms with Gasteiger partial charge in [0.15, 0.2) is 0 Å². The summed E-state index contributed by atoms with van der Waals surface area (Å²) < 4.78 is 75.3. The Labute approximate surface area is 97.7 Å². The lowest BCUT2D eigenvalue weighted by atomic mass is 10.4. The van der Waals surface area contributed by atoms with Gasteiger partial charge in [0.2, 0.25) is 0 Å². The summed E-state index contributed by atoms with van der Waals surface area (Å²) in [6, 6.07) is 3.04. The Morgan fingerprint density at radius 1 is 1.33 bits per heavy atom. The topological polar surface area (TPSA) is 60.7 Å². The van der Waals surface area contributed by atoms with Crippen LogP contribution < -0.4 is 4.18 Å². The molecular weight excluding hydrogens is 280 g/mol. The zero-order chi connectivity index (χ0) is 13.6. The number of pyridine rings is 1. The Hall–Kier alpha value is -1.84. The van der Waals surface area contributed by atoms with Gasteiger partial charge in [-0.05, 0) is 12.1 Å². The minimum absolute atomic E-state index is 0.204. The van der Waals surface area contributed by atoms with E-state index in [2.05, 4.69) is 9.28 Å². The predicted octanol–water partition coefficient (Wildman–Crippen LogP) is 1.70. The van der Waals surface area contributed by atoms with E-state index in [-0.39, 0.29) is 5.52 Å². The average molecular weight is 284 g/mol. The maximum absolute atomic E-state index is 13.2. The number of rotatable bonds is 2. The highest BCUT2D eigenvalue weighted by atomic mass is 32.2. The number of fused-ring (bicyclic) bond motifs is 1. The van der Waals surface area contributed by atoms with Crippen molar-refractivity contribution in [1.29, 1.82) is 0 Å². The largest absolute Gasteiger partial charge is 0.534 e. The first-order valence-corrected chi connectivity index (χ1v) is 5.76. The van der Waals surface area contributed by atoms with E-state index in [0.717, 1.165) is 16.6 Å². The number of alkyl halides is 3. The van der Waals surface area contributed by atoms with Crippen molar-refractivity contribution >= 4 is 15.6 Å². The number of hydrogen-bond donors (Lipinski definition) is 0. The molecule has 5 nitrogen and oxygen atoms in total. The van der Waals surface area contributed by atoms with Gasteiger partial charge < -0.3 is 4.18 Å². The molecule has 0 fully saturated rings. The summed E-state index contributed by atoms with van der Waals surface area (Å²) in [6.45, 7) is 0. The van der Waals surface area contributed by atoms with Gasteiger partial charge in [0, 0.05) is 12.3 Å². The van der Waals surface area contributed by atoms with Crippen molar-refractivity contribution < 1.29 is 30.2 Å². The van der Waals surface area contributed by atoms with Crippen molar-refractivity contribution in [2.24, 2.45) is 0 Å². The highest BCUT2D eigenvalue weighted by Crippen LogP contribution is 2.27.